The Balaban J connectivity index is 0. The van der Waals surface area contributed by atoms with Gasteiger partial charge in [0.15, 0.2) is 0 Å². The van der Waals surface area contributed by atoms with Gasteiger partial charge in [0, 0.05) is 0 Å². The van der Waals surface area contributed by atoms with Crippen LogP contribution in [-0.2, 0) is 0 Å². The third kappa shape index (κ3) is 43.7. The average Bonchev–Trinajstić information content (AvgIpc) is 1.46. The standard InChI is InChI=1S/C2H7P.CH3.Li/c1-3-2;;/h3H,1-2H3;1H3;. The Morgan fingerprint density at radius 1 is 1.20 bits per heavy atom. The average molecular weight is 84.0 g/mol. The van der Waals surface area contributed by atoms with Crippen LogP contribution in [0.5, 0.6) is 0 Å². The predicted molar refractivity (Wildman–Crippen MR) is 31.8 cm³/mol. The minimum absolute atomic E-state index is 1.08. The van der Waals surface area contributed by atoms with E-state index in [2.05, 4.69) is 13.3 Å². The fourth-order valence-corrected chi connectivity index (χ4v) is 0. The van der Waals surface area contributed by atoms with E-state index in [1.807, 2.05) is 23.3 Å². The van der Waals surface area contributed by atoms with Crippen molar-refractivity contribution in [2.45, 2.75) is 5.60 Å². The fraction of sp³-hybridized carbons (Fsp3) is 1.00. The minimum atomic E-state index is 1.08. The molecule has 0 bridgehead atoms. The van der Waals surface area contributed by atoms with Gasteiger partial charge in [-0.3, -0.25) is 0 Å². The zero-order valence-corrected chi connectivity index (χ0v) is 5.50. The van der Waals surface area contributed by atoms with Crippen molar-refractivity contribution in [2.75, 3.05) is 13.3 Å². The Labute approximate surface area is 45.7 Å². The zero-order chi connectivity index (χ0) is 4.71. The summed E-state index contributed by atoms with van der Waals surface area (Å²) < 4.78 is 0. The van der Waals surface area contributed by atoms with Gasteiger partial charge in [-0.2, -0.15) is 0 Å². The van der Waals surface area contributed by atoms with E-state index in [1.54, 1.807) is 0 Å². The van der Waals surface area contributed by atoms with E-state index in [4.69, 9.17) is 0 Å². The number of rotatable bonds is 0. The molecule has 0 atom stereocenters. The van der Waals surface area contributed by atoms with E-state index in [0.29, 0.717) is 0 Å². The summed E-state index contributed by atoms with van der Waals surface area (Å²) in [7, 11) is 1.08. The van der Waals surface area contributed by atoms with Crippen molar-refractivity contribution in [3.8, 4) is 0 Å². The van der Waals surface area contributed by atoms with Gasteiger partial charge in [-0.15, -0.1) is 8.58 Å². The summed E-state index contributed by atoms with van der Waals surface area (Å²) in [5, 5.41) is 0. The molecule has 0 amide bonds. The molecule has 0 saturated heterocycles. The third-order valence-corrected chi connectivity index (χ3v) is 0. The van der Waals surface area contributed by atoms with E-state index < -0.39 is 0 Å². The molecule has 0 N–H and O–H groups in total. The second kappa shape index (κ2) is 19.8. The van der Waals surface area contributed by atoms with E-state index in [9.17, 15) is 0 Å². The molecule has 0 heterocycles. The molecule has 0 aromatic carbocycles. The Morgan fingerprint density at radius 2 is 1.20 bits per heavy atom. The van der Waals surface area contributed by atoms with Crippen LogP contribution >= 0.6 is 8.58 Å². The molecule has 0 aromatic heterocycles. The number of hydrogen-bond acceptors (Lipinski definition) is 0. The van der Waals surface area contributed by atoms with Crippen LogP contribution in [0, 0.1) is 0 Å². The molecule has 0 nitrogen and oxygen atoms in total. The molecule has 0 saturated carbocycles. The van der Waals surface area contributed by atoms with Gasteiger partial charge in [-0.05, 0) is 13.3 Å². The Hall–Kier alpha value is 1.03. The van der Waals surface area contributed by atoms with Crippen LogP contribution in [0.2, 0.25) is 5.60 Å². The van der Waals surface area contributed by atoms with E-state index in [1.165, 1.54) is 0 Å². The molecule has 5 heavy (non-hydrogen) atoms. The number of hydrogen-bond donors (Lipinski definition) is 0. The first-order valence-corrected chi connectivity index (χ1v) is 4.00. The van der Waals surface area contributed by atoms with Crippen molar-refractivity contribution in [1.82, 2.24) is 0 Å². The van der Waals surface area contributed by atoms with Gasteiger partial charge >= 0.3 is 23.3 Å². The van der Waals surface area contributed by atoms with E-state index in [0.717, 1.165) is 8.58 Å². The first-order valence-electron chi connectivity index (χ1n) is 2.00. The van der Waals surface area contributed by atoms with Crippen molar-refractivity contribution in [1.29, 1.82) is 0 Å². The molecular formula is C3H10LiP. The summed E-state index contributed by atoms with van der Waals surface area (Å²) in [5.74, 6) is 0. The van der Waals surface area contributed by atoms with Crippen molar-refractivity contribution < 1.29 is 0 Å². The van der Waals surface area contributed by atoms with Crippen molar-refractivity contribution in [3.63, 3.8) is 0 Å². The van der Waals surface area contributed by atoms with Gasteiger partial charge in [0.2, 0.25) is 0 Å². The quantitative estimate of drug-likeness (QED) is 0.305. The summed E-state index contributed by atoms with van der Waals surface area (Å²) in [5.41, 5.74) is 2.00. The van der Waals surface area contributed by atoms with Crippen LogP contribution in [-0.4, -0.2) is 31.0 Å². The molecule has 2 heteroatoms. The first kappa shape index (κ1) is 9.39. The maximum atomic E-state index is 2.15. The van der Waals surface area contributed by atoms with Gasteiger partial charge in [-0.1, -0.05) is 0 Å². The van der Waals surface area contributed by atoms with Gasteiger partial charge < -0.3 is 0 Å². The third-order valence-electron chi connectivity index (χ3n) is 0. The Kier molecular flexibility index (Phi) is 37.3. The van der Waals surface area contributed by atoms with E-state index in [-0.39, 0.29) is 0 Å². The molecule has 28 valence electrons. The van der Waals surface area contributed by atoms with E-state index >= 15 is 0 Å². The topological polar surface area (TPSA) is 0 Å². The second-order valence-electron chi connectivity index (χ2n) is 0.500. The maximum absolute atomic E-state index is 2.15. The molecule has 0 unspecified atom stereocenters. The first-order chi connectivity index (χ1) is 2.41. The van der Waals surface area contributed by atoms with Gasteiger partial charge in [0.05, 0.1) is 0 Å². The van der Waals surface area contributed by atoms with Gasteiger partial charge in [-0.25, -0.2) is 0 Å². The Bertz CT molecular complexity index is 6.85. The van der Waals surface area contributed by atoms with Crippen LogP contribution in [0.1, 0.15) is 0 Å². The second-order valence-corrected chi connectivity index (χ2v) is 1.50. The molecule has 0 rings (SSSR count). The molecule has 0 aliphatic heterocycles. The molecule has 0 aromatic rings. The summed E-state index contributed by atoms with van der Waals surface area (Å²) in [4.78, 5) is 0. The molecule has 0 fully saturated rings. The molecule has 0 aliphatic carbocycles. The van der Waals surface area contributed by atoms with Gasteiger partial charge in [0.1, 0.15) is 0 Å². The van der Waals surface area contributed by atoms with Crippen LogP contribution in [0.15, 0.2) is 0 Å². The molecular weight excluding hydrogens is 73.9 g/mol. The van der Waals surface area contributed by atoms with Crippen LogP contribution < -0.4 is 0 Å². The summed E-state index contributed by atoms with van der Waals surface area (Å²) in [6.07, 6.45) is 0. The normalized spacial score (nSPS) is 5.00. The molecule has 0 radical (unpaired) electrons. The van der Waals surface area contributed by atoms with Crippen molar-refractivity contribution in [3.05, 3.63) is 0 Å². The predicted octanol–water partition coefficient (Wildman–Crippen LogP) is 1.13. The summed E-state index contributed by atoms with van der Waals surface area (Å²) in [6.45, 7) is 4.31. The SMILES string of the molecule is CPC.[Li][CH3]. The molecule has 0 spiro atoms. The summed E-state index contributed by atoms with van der Waals surface area (Å²) in [6, 6.07) is 0. The van der Waals surface area contributed by atoms with Crippen molar-refractivity contribution in [2.24, 2.45) is 0 Å². The molecule has 0 aliphatic rings. The monoisotopic (exact) mass is 84.1 g/mol. The van der Waals surface area contributed by atoms with Gasteiger partial charge in [0.25, 0.3) is 0 Å². The zero-order valence-electron chi connectivity index (χ0n) is 4.50. The van der Waals surface area contributed by atoms with Crippen LogP contribution in [0.3, 0.4) is 0 Å². The van der Waals surface area contributed by atoms with Crippen LogP contribution in [0.25, 0.3) is 0 Å². The Morgan fingerprint density at radius 3 is 1.20 bits per heavy atom. The van der Waals surface area contributed by atoms with Crippen molar-refractivity contribution >= 4 is 26.3 Å². The fourth-order valence-electron chi connectivity index (χ4n) is 0. The summed E-state index contributed by atoms with van der Waals surface area (Å²) >= 11 is 2.00. The van der Waals surface area contributed by atoms with Crippen LogP contribution in [0.4, 0.5) is 0 Å².